The van der Waals surface area contributed by atoms with Crippen LogP contribution < -0.4 is 4.90 Å². The summed E-state index contributed by atoms with van der Waals surface area (Å²) < 4.78 is 5.65. The number of ether oxygens (including phenoxy) is 1. The molecule has 0 bridgehead atoms. The molecule has 0 radical (unpaired) electrons. The number of aromatic amines is 1. The molecule has 1 atom stereocenters. The van der Waals surface area contributed by atoms with Crippen LogP contribution >= 0.6 is 0 Å². The van der Waals surface area contributed by atoms with E-state index >= 15 is 0 Å². The molecular formula is C25H27N3O3. The van der Waals surface area contributed by atoms with Crippen molar-refractivity contribution < 1.29 is 14.3 Å². The summed E-state index contributed by atoms with van der Waals surface area (Å²) >= 11 is 0. The highest BCUT2D eigenvalue weighted by atomic mass is 16.6. The molecule has 31 heavy (non-hydrogen) atoms. The number of para-hydroxylation sites is 2. The molecule has 2 aromatic carbocycles. The Morgan fingerprint density at radius 2 is 1.81 bits per heavy atom. The summed E-state index contributed by atoms with van der Waals surface area (Å²) in [4.78, 5) is 33.6. The molecule has 0 unspecified atom stereocenters. The van der Waals surface area contributed by atoms with Crippen LogP contribution in [0.5, 0.6) is 0 Å². The standard InChI is InChI=1S/C25H27N3O3/c1-25(2,3)31-24(30)28-21-11-7-4-8-16(21)14-22(28)23(29)27-13-12-18-17-9-5-6-10-19(17)26-20(18)15-27/h4-11,22,26H,12-15H2,1-3H3/t22-/m0/s1. The number of carbonyl (C=O) groups excluding carboxylic acids is 2. The fraction of sp³-hybridized carbons (Fsp3) is 0.360. The topological polar surface area (TPSA) is 65.6 Å². The van der Waals surface area contributed by atoms with Crippen molar-refractivity contribution >= 4 is 28.6 Å². The number of hydrogen-bond acceptors (Lipinski definition) is 3. The Kier molecular flexibility index (Phi) is 4.54. The first-order chi connectivity index (χ1) is 14.8. The summed E-state index contributed by atoms with van der Waals surface area (Å²) in [6.45, 7) is 6.68. The van der Waals surface area contributed by atoms with Crippen LogP contribution in [0.1, 0.15) is 37.6 Å². The van der Waals surface area contributed by atoms with Crippen molar-refractivity contribution in [1.82, 2.24) is 9.88 Å². The van der Waals surface area contributed by atoms with E-state index in [0.717, 1.165) is 28.9 Å². The molecule has 0 aliphatic carbocycles. The van der Waals surface area contributed by atoms with E-state index in [4.69, 9.17) is 4.74 Å². The second-order valence-electron chi connectivity index (χ2n) is 9.34. The maximum atomic E-state index is 13.6. The molecule has 6 nitrogen and oxygen atoms in total. The Bertz CT molecular complexity index is 1170. The van der Waals surface area contributed by atoms with E-state index in [1.54, 1.807) is 4.90 Å². The number of anilines is 1. The Morgan fingerprint density at radius 3 is 2.61 bits per heavy atom. The van der Waals surface area contributed by atoms with Gasteiger partial charge in [-0.2, -0.15) is 0 Å². The van der Waals surface area contributed by atoms with Crippen LogP contribution in [-0.4, -0.2) is 40.1 Å². The van der Waals surface area contributed by atoms with E-state index in [9.17, 15) is 9.59 Å². The molecule has 0 saturated carbocycles. The highest BCUT2D eigenvalue weighted by molar-refractivity contribution is 6.01. The van der Waals surface area contributed by atoms with Gasteiger partial charge in [0.2, 0.25) is 5.91 Å². The molecule has 5 rings (SSSR count). The van der Waals surface area contributed by atoms with E-state index in [0.29, 0.717) is 19.5 Å². The highest BCUT2D eigenvalue weighted by Gasteiger charge is 2.42. The zero-order valence-electron chi connectivity index (χ0n) is 18.1. The van der Waals surface area contributed by atoms with Gasteiger partial charge in [0.05, 0.1) is 12.2 Å². The molecular weight excluding hydrogens is 390 g/mol. The summed E-state index contributed by atoms with van der Waals surface area (Å²) in [6.07, 6.45) is 0.834. The number of amides is 2. The van der Waals surface area contributed by atoms with Crippen LogP contribution in [0, 0.1) is 0 Å². The maximum absolute atomic E-state index is 13.6. The third-order valence-corrected chi connectivity index (χ3v) is 6.05. The number of benzene rings is 2. The first-order valence-corrected chi connectivity index (χ1v) is 10.8. The Balaban J connectivity index is 1.43. The SMILES string of the molecule is CC(C)(C)OC(=O)N1c2ccccc2C[C@H]1C(=O)N1CCc2c([nH]c3ccccc23)C1. The molecule has 1 N–H and O–H groups in total. The second kappa shape index (κ2) is 7.15. The van der Waals surface area contributed by atoms with Gasteiger partial charge in [0.1, 0.15) is 11.6 Å². The van der Waals surface area contributed by atoms with Crippen molar-refractivity contribution in [2.24, 2.45) is 0 Å². The Hall–Kier alpha value is -3.28. The molecule has 0 fully saturated rings. The van der Waals surface area contributed by atoms with Gasteiger partial charge < -0.3 is 14.6 Å². The average molecular weight is 418 g/mol. The van der Waals surface area contributed by atoms with Crippen LogP contribution in [0.15, 0.2) is 48.5 Å². The Morgan fingerprint density at radius 1 is 1.06 bits per heavy atom. The second-order valence-corrected chi connectivity index (χ2v) is 9.34. The van der Waals surface area contributed by atoms with E-state index < -0.39 is 17.7 Å². The molecule has 0 saturated heterocycles. The van der Waals surface area contributed by atoms with Gasteiger partial charge in [0.25, 0.3) is 0 Å². The number of carbonyl (C=O) groups is 2. The molecule has 0 spiro atoms. The van der Waals surface area contributed by atoms with E-state index in [2.05, 4.69) is 17.1 Å². The smallest absolute Gasteiger partial charge is 0.415 e. The van der Waals surface area contributed by atoms with Crippen molar-refractivity contribution in [3.05, 3.63) is 65.4 Å². The quantitative estimate of drug-likeness (QED) is 0.637. The lowest BCUT2D eigenvalue weighted by atomic mass is 10.0. The monoisotopic (exact) mass is 417 g/mol. The van der Waals surface area contributed by atoms with Gasteiger partial charge >= 0.3 is 6.09 Å². The van der Waals surface area contributed by atoms with Crippen LogP contribution in [-0.2, 0) is 28.9 Å². The van der Waals surface area contributed by atoms with E-state index in [1.165, 1.54) is 10.9 Å². The van der Waals surface area contributed by atoms with Crippen molar-refractivity contribution in [3.63, 3.8) is 0 Å². The van der Waals surface area contributed by atoms with Gasteiger partial charge in [-0.3, -0.25) is 9.69 Å². The molecule has 6 heteroatoms. The van der Waals surface area contributed by atoms with Gasteiger partial charge in [-0.25, -0.2) is 4.79 Å². The summed E-state index contributed by atoms with van der Waals surface area (Å²) in [5, 5.41) is 1.23. The summed E-state index contributed by atoms with van der Waals surface area (Å²) in [6, 6.07) is 15.4. The first kappa shape index (κ1) is 19.7. The minimum absolute atomic E-state index is 0.0358. The molecule has 2 aliphatic heterocycles. The Labute approximate surface area is 181 Å². The first-order valence-electron chi connectivity index (χ1n) is 10.8. The molecule has 2 amide bonds. The molecule has 3 heterocycles. The minimum Gasteiger partial charge on any atom is -0.443 e. The number of aromatic nitrogens is 1. The molecule has 2 aliphatic rings. The van der Waals surface area contributed by atoms with Crippen LogP contribution in [0.3, 0.4) is 0 Å². The summed E-state index contributed by atoms with van der Waals surface area (Å²) in [5.41, 5.74) is 4.60. The van der Waals surface area contributed by atoms with Gasteiger partial charge in [0.15, 0.2) is 0 Å². The average Bonchev–Trinajstić information content (AvgIpc) is 3.30. The summed E-state index contributed by atoms with van der Waals surface area (Å²) in [7, 11) is 0. The fourth-order valence-corrected chi connectivity index (χ4v) is 4.71. The zero-order valence-corrected chi connectivity index (χ0v) is 18.1. The van der Waals surface area contributed by atoms with Gasteiger partial charge in [0, 0.05) is 29.6 Å². The summed E-state index contributed by atoms with van der Waals surface area (Å²) in [5.74, 6) is -0.0358. The molecule has 1 aromatic heterocycles. The van der Waals surface area contributed by atoms with Crippen LogP contribution in [0.2, 0.25) is 0 Å². The zero-order chi connectivity index (χ0) is 21.8. The largest absolute Gasteiger partial charge is 0.443 e. The number of hydrogen-bond donors (Lipinski definition) is 1. The number of H-pyrrole nitrogens is 1. The lowest BCUT2D eigenvalue weighted by Crippen LogP contribution is -2.51. The van der Waals surface area contributed by atoms with E-state index in [1.807, 2.05) is 62.1 Å². The lowest BCUT2D eigenvalue weighted by molar-refractivity contribution is -0.133. The van der Waals surface area contributed by atoms with Crippen molar-refractivity contribution in [1.29, 1.82) is 0 Å². The van der Waals surface area contributed by atoms with Crippen molar-refractivity contribution in [3.8, 4) is 0 Å². The van der Waals surface area contributed by atoms with Gasteiger partial charge in [-0.1, -0.05) is 36.4 Å². The van der Waals surface area contributed by atoms with Gasteiger partial charge in [-0.05, 0) is 50.5 Å². The normalized spacial score (nSPS) is 18.1. The third kappa shape index (κ3) is 3.46. The molecule has 3 aromatic rings. The van der Waals surface area contributed by atoms with Crippen LogP contribution in [0.25, 0.3) is 10.9 Å². The number of rotatable bonds is 1. The van der Waals surface area contributed by atoms with E-state index in [-0.39, 0.29) is 5.91 Å². The number of nitrogens with one attached hydrogen (secondary N) is 1. The highest BCUT2D eigenvalue weighted by Crippen LogP contribution is 2.35. The van der Waals surface area contributed by atoms with Gasteiger partial charge in [-0.15, -0.1) is 0 Å². The minimum atomic E-state index is -0.632. The predicted molar refractivity (Wildman–Crippen MR) is 120 cm³/mol. The maximum Gasteiger partial charge on any atom is 0.415 e. The van der Waals surface area contributed by atoms with Crippen molar-refractivity contribution in [2.75, 3.05) is 11.4 Å². The van der Waals surface area contributed by atoms with Crippen LogP contribution in [0.4, 0.5) is 10.5 Å². The number of nitrogens with zero attached hydrogens (tertiary/aromatic N) is 2. The fourth-order valence-electron chi connectivity index (χ4n) is 4.71. The number of fused-ring (bicyclic) bond motifs is 4. The molecule has 160 valence electrons. The third-order valence-electron chi connectivity index (χ3n) is 6.05. The van der Waals surface area contributed by atoms with Crippen molar-refractivity contribution in [2.45, 2.75) is 51.8 Å². The predicted octanol–water partition coefficient (Wildman–Crippen LogP) is 4.42. The lowest BCUT2D eigenvalue weighted by Gasteiger charge is -2.33.